The van der Waals surface area contributed by atoms with Gasteiger partial charge in [0.2, 0.25) is 0 Å². The molecule has 0 spiro atoms. The number of unbranched alkanes of at least 4 members (excludes halogenated alkanes) is 2. The van der Waals surface area contributed by atoms with Crippen molar-refractivity contribution in [2.75, 3.05) is 11.9 Å². The van der Waals surface area contributed by atoms with Gasteiger partial charge < -0.3 is 10.6 Å². The Bertz CT molecular complexity index is 461. The highest BCUT2D eigenvalue weighted by Gasteiger charge is 2.14. The van der Waals surface area contributed by atoms with Gasteiger partial charge in [-0.15, -0.1) is 0 Å². The van der Waals surface area contributed by atoms with Crippen molar-refractivity contribution in [3.63, 3.8) is 0 Å². The van der Waals surface area contributed by atoms with Crippen LogP contribution in [0.3, 0.4) is 0 Å². The number of amides is 2. The van der Waals surface area contributed by atoms with Gasteiger partial charge in [-0.3, -0.25) is 9.59 Å². The molecule has 19 heavy (non-hydrogen) atoms. The molecule has 0 unspecified atom stereocenters. The Morgan fingerprint density at radius 3 is 2.63 bits per heavy atom. The van der Waals surface area contributed by atoms with E-state index in [9.17, 15) is 9.59 Å². The molecule has 0 atom stereocenters. The Hall–Kier alpha value is -1.55. The summed E-state index contributed by atoms with van der Waals surface area (Å²) in [6.07, 6.45) is 2.99. The first kappa shape index (κ1) is 15.5. The van der Waals surface area contributed by atoms with Crippen LogP contribution >= 0.6 is 11.6 Å². The standard InChI is InChI=1S/C14H19ClN2O2/c1-3-4-5-9-16-13(18)14(19)17-12-8-6-7-11(15)10(12)2/h6-8H,3-5,9H2,1-2H3,(H,16,18)(H,17,19). The molecular weight excluding hydrogens is 264 g/mol. The van der Waals surface area contributed by atoms with Crippen LogP contribution in [0.4, 0.5) is 5.69 Å². The smallest absolute Gasteiger partial charge is 0.313 e. The molecule has 0 saturated carbocycles. The Morgan fingerprint density at radius 1 is 1.21 bits per heavy atom. The van der Waals surface area contributed by atoms with Crippen molar-refractivity contribution < 1.29 is 9.59 Å². The molecule has 2 N–H and O–H groups in total. The van der Waals surface area contributed by atoms with Gasteiger partial charge in [-0.2, -0.15) is 0 Å². The molecule has 0 aliphatic rings. The quantitative estimate of drug-likeness (QED) is 0.644. The largest absolute Gasteiger partial charge is 0.348 e. The van der Waals surface area contributed by atoms with Crippen molar-refractivity contribution in [1.29, 1.82) is 0 Å². The van der Waals surface area contributed by atoms with Gasteiger partial charge in [-0.05, 0) is 31.0 Å². The number of benzene rings is 1. The second-order valence-corrected chi connectivity index (χ2v) is 4.74. The summed E-state index contributed by atoms with van der Waals surface area (Å²) in [6.45, 7) is 4.39. The third-order valence-corrected chi connectivity index (χ3v) is 3.20. The van der Waals surface area contributed by atoms with Crippen LogP contribution in [0, 0.1) is 6.92 Å². The fourth-order valence-corrected chi connectivity index (χ4v) is 1.75. The molecule has 0 fully saturated rings. The normalized spacial score (nSPS) is 10.1. The molecule has 0 bridgehead atoms. The van der Waals surface area contributed by atoms with E-state index >= 15 is 0 Å². The predicted octanol–water partition coefficient (Wildman–Crippen LogP) is 2.89. The lowest BCUT2D eigenvalue weighted by Crippen LogP contribution is -2.36. The van der Waals surface area contributed by atoms with Gasteiger partial charge >= 0.3 is 11.8 Å². The number of halogens is 1. The SMILES string of the molecule is CCCCCNC(=O)C(=O)Nc1cccc(Cl)c1C. The second kappa shape index (κ2) is 7.79. The van der Waals surface area contributed by atoms with Gasteiger partial charge in [-0.25, -0.2) is 0 Å². The average Bonchev–Trinajstić information content (AvgIpc) is 2.39. The molecule has 0 aliphatic heterocycles. The zero-order valence-corrected chi connectivity index (χ0v) is 12.0. The first-order valence-electron chi connectivity index (χ1n) is 6.40. The molecule has 2 amide bonds. The summed E-state index contributed by atoms with van der Waals surface area (Å²) in [4.78, 5) is 23.2. The van der Waals surface area contributed by atoms with E-state index in [1.165, 1.54) is 0 Å². The summed E-state index contributed by atoms with van der Waals surface area (Å²) in [6, 6.07) is 5.17. The van der Waals surface area contributed by atoms with E-state index in [0.29, 0.717) is 17.3 Å². The number of anilines is 1. The lowest BCUT2D eigenvalue weighted by molar-refractivity contribution is -0.136. The summed E-state index contributed by atoms with van der Waals surface area (Å²) >= 11 is 5.94. The van der Waals surface area contributed by atoms with E-state index in [0.717, 1.165) is 24.8 Å². The Labute approximate surface area is 118 Å². The van der Waals surface area contributed by atoms with Crippen molar-refractivity contribution in [3.8, 4) is 0 Å². The van der Waals surface area contributed by atoms with Crippen molar-refractivity contribution in [2.24, 2.45) is 0 Å². The zero-order chi connectivity index (χ0) is 14.3. The maximum Gasteiger partial charge on any atom is 0.313 e. The van der Waals surface area contributed by atoms with Gasteiger partial charge in [0, 0.05) is 17.3 Å². The van der Waals surface area contributed by atoms with Crippen LogP contribution in [0.2, 0.25) is 5.02 Å². The maximum atomic E-state index is 11.7. The zero-order valence-electron chi connectivity index (χ0n) is 11.3. The molecule has 4 nitrogen and oxygen atoms in total. The predicted molar refractivity (Wildman–Crippen MR) is 77.4 cm³/mol. The number of rotatable bonds is 5. The van der Waals surface area contributed by atoms with Crippen LogP contribution < -0.4 is 10.6 Å². The van der Waals surface area contributed by atoms with Crippen LogP contribution in [0.5, 0.6) is 0 Å². The summed E-state index contributed by atoms with van der Waals surface area (Å²) in [7, 11) is 0. The number of hydrogen-bond acceptors (Lipinski definition) is 2. The minimum absolute atomic E-state index is 0.522. The molecular formula is C14H19ClN2O2. The number of nitrogens with one attached hydrogen (secondary N) is 2. The molecule has 5 heteroatoms. The highest BCUT2D eigenvalue weighted by molar-refractivity contribution is 6.40. The number of carbonyl (C=O) groups is 2. The third-order valence-electron chi connectivity index (χ3n) is 2.79. The van der Waals surface area contributed by atoms with E-state index in [4.69, 9.17) is 11.6 Å². The summed E-state index contributed by atoms with van der Waals surface area (Å²) in [5, 5.41) is 5.70. The van der Waals surface area contributed by atoms with Crippen LogP contribution in [-0.4, -0.2) is 18.4 Å². The Morgan fingerprint density at radius 2 is 1.95 bits per heavy atom. The Kier molecular flexibility index (Phi) is 6.36. The summed E-state index contributed by atoms with van der Waals surface area (Å²) < 4.78 is 0. The molecule has 0 radical (unpaired) electrons. The highest BCUT2D eigenvalue weighted by atomic mass is 35.5. The van der Waals surface area contributed by atoms with Crippen LogP contribution in [0.1, 0.15) is 31.7 Å². The molecule has 0 aromatic heterocycles. The van der Waals surface area contributed by atoms with Crippen molar-refractivity contribution in [3.05, 3.63) is 28.8 Å². The van der Waals surface area contributed by atoms with Crippen LogP contribution in [0.25, 0.3) is 0 Å². The van der Waals surface area contributed by atoms with Crippen molar-refractivity contribution >= 4 is 29.1 Å². The minimum atomic E-state index is -0.665. The second-order valence-electron chi connectivity index (χ2n) is 4.33. The molecule has 1 aromatic rings. The van der Waals surface area contributed by atoms with E-state index in [1.54, 1.807) is 25.1 Å². The van der Waals surface area contributed by atoms with Gasteiger partial charge in [-0.1, -0.05) is 37.4 Å². The molecule has 0 heterocycles. The van der Waals surface area contributed by atoms with Crippen LogP contribution in [-0.2, 0) is 9.59 Å². The van der Waals surface area contributed by atoms with Gasteiger partial charge in [0.05, 0.1) is 0 Å². The molecule has 1 rings (SSSR count). The van der Waals surface area contributed by atoms with Gasteiger partial charge in [0.1, 0.15) is 0 Å². The topological polar surface area (TPSA) is 58.2 Å². The van der Waals surface area contributed by atoms with E-state index < -0.39 is 11.8 Å². The Balaban J connectivity index is 2.50. The molecule has 104 valence electrons. The van der Waals surface area contributed by atoms with Crippen molar-refractivity contribution in [1.82, 2.24) is 5.32 Å². The van der Waals surface area contributed by atoms with Gasteiger partial charge in [0.25, 0.3) is 0 Å². The first-order valence-corrected chi connectivity index (χ1v) is 6.78. The van der Waals surface area contributed by atoms with Crippen LogP contribution in [0.15, 0.2) is 18.2 Å². The summed E-state index contributed by atoms with van der Waals surface area (Å²) in [5.74, 6) is -1.28. The fraction of sp³-hybridized carbons (Fsp3) is 0.429. The molecule has 0 aliphatic carbocycles. The maximum absolute atomic E-state index is 11.7. The molecule has 1 aromatic carbocycles. The van der Waals surface area contributed by atoms with E-state index in [1.807, 2.05) is 0 Å². The first-order chi connectivity index (χ1) is 9.06. The number of hydrogen-bond donors (Lipinski definition) is 2. The minimum Gasteiger partial charge on any atom is -0.348 e. The van der Waals surface area contributed by atoms with E-state index in [2.05, 4.69) is 17.6 Å². The highest BCUT2D eigenvalue weighted by Crippen LogP contribution is 2.22. The van der Waals surface area contributed by atoms with Gasteiger partial charge in [0.15, 0.2) is 0 Å². The fourth-order valence-electron chi connectivity index (χ4n) is 1.58. The lowest BCUT2D eigenvalue weighted by atomic mass is 10.2. The molecule has 0 saturated heterocycles. The average molecular weight is 283 g/mol. The lowest BCUT2D eigenvalue weighted by Gasteiger charge is -2.09. The third kappa shape index (κ3) is 4.91. The summed E-state index contributed by atoms with van der Waals surface area (Å²) in [5.41, 5.74) is 1.30. The van der Waals surface area contributed by atoms with Crippen molar-refractivity contribution in [2.45, 2.75) is 33.1 Å². The monoisotopic (exact) mass is 282 g/mol. The number of carbonyl (C=O) groups excluding carboxylic acids is 2. The van der Waals surface area contributed by atoms with E-state index in [-0.39, 0.29) is 0 Å².